The first-order valence-electron chi connectivity index (χ1n) is 6.53. The van der Waals surface area contributed by atoms with Gasteiger partial charge in [-0.05, 0) is 26.4 Å². The van der Waals surface area contributed by atoms with Gasteiger partial charge in [0.1, 0.15) is 0 Å². The van der Waals surface area contributed by atoms with Crippen molar-refractivity contribution in [3.05, 3.63) is 16.1 Å². The molecular formula is C13H23N3S. The van der Waals surface area contributed by atoms with Crippen LogP contribution in [-0.2, 0) is 6.54 Å². The highest BCUT2D eigenvalue weighted by atomic mass is 32.1. The Kier molecular flexibility index (Phi) is 4.54. The first-order valence-corrected chi connectivity index (χ1v) is 7.35. The van der Waals surface area contributed by atoms with Crippen LogP contribution in [0.15, 0.2) is 6.20 Å². The molecule has 1 unspecified atom stereocenters. The Bertz CT molecular complexity index is 348. The number of piperidine rings is 1. The van der Waals surface area contributed by atoms with E-state index in [1.807, 2.05) is 11.3 Å². The number of likely N-dealkylation sites (tertiary alicyclic amines) is 1. The second kappa shape index (κ2) is 5.94. The molecule has 1 aliphatic heterocycles. The molecule has 3 nitrogen and oxygen atoms in total. The average Bonchev–Trinajstić information content (AvgIpc) is 2.78. The van der Waals surface area contributed by atoms with Gasteiger partial charge in [0.25, 0.3) is 0 Å². The van der Waals surface area contributed by atoms with Crippen LogP contribution in [0.2, 0.25) is 0 Å². The molecule has 1 aliphatic rings. The van der Waals surface area contributed by atoms with Gasteiger partial charge in [-0.1, -0.05) is 13.8 Å². The lowest BCUT2D eigenvalue weighted by Crippen LogP contribution is -2.43. The van der Waals surface area contributed by atoms with E-state index < -0.39 is 0 Å². The predicted molar refractivity (Wildman–Crippen MR) is 73.6 cm³/mol. The van der Waals surface area contributed by atoms with Crippen molar-refractivity contribution in [2.75, 3.05) is 20.1 Å². The number of hydrogen-bond acceptors (Lipinski definition) is 4. The monoisotopic (exact) mass is 253 g/mol. The van der Waals surface area contributed by atoms with Crippen LogP contribution in [0.1, 0.15) is 42.5 Å². The normalized spacial score (nSPS) is 22.2. The molecule has 0 aromatic carbocycles. The van der Waals surface area contributed by atoms with Crippen molar-refractivity contribution in [1.29, 1.82) is 0 Å². The van der Waals surface area contributed by atoms with Gasteiger partial charge in [0.05, 0.1) is 5.01 Å². The minimum Gasteiger partial charge on any atom is -0.316 e. The van der Waals surface area contributed by atoms with Crippen molar-refractivity contribution in [2.24, 2.45) is 0 Å². The van der Waals surface area contributed by atoms with Gasteiger partial charge in [0.2, 0.25) is 0 Å². The highest BCUT2D eigenvalue weighted by molar-refractivity contribution is 7.11. The molecule has 1 atom stereocenters. The van der Waals surface area contributed by atoms with Gasteiger partial charge in [-0.15, -0.1) is 11.3 Å². The van der Waals surface area contributed by atoms with Gasteiger partial charge >= 0.3 is 0 Å². The van der Waals surface area contributed by atoms with Crippen LogP contribution in [0, 0.1) is 0 Å². The molecule has 1 N–H and O–H groups in total. The summed E-state index contributed by atoms with van der Waals surface area (Å²) in [6.45, 7) is 7.89. The van der Waals surface area contributed by atoms with Gasteiger partial charge in [0, 0.05) is 36.1 Å². The van der Waals surface area contributed by atoms with Crippen molar-refractivity contribution < 1.29 is 0 Å². The number of nitrogens with one attached hydrogen (secondary N) is 1. The lowest BCUT2D eigenvalue weighted by atomic mass is 10.1. The molecule has 1 aromatic heterocycles. The topological polar surface area (TPSA) is 28.2 Å². The van der Waals surface area contributed by atoms with Gasteiger partial charge in [-0.25, -0.2) is 4.98 Å². The molecule has 2 heterocycles. The number of nitrogens with zero attached hydrogens (tertiary/aromatic N) is 2. The summed E-state index contributed by atoms with van der Waals surface area (Å²) in [4.78, 5) is 8.45. The van der Waals surface area contributed by atoms with Crippen LogP contribution in [0.4, 0.5) is 0 Å². The van der Waals surface area contributed by atoms with Gasteiger partial charge in [0.15, 0.2) is 0 Å². The van der Waals surface area contributed by atoms with E-state index in [1.54, 1.807) is 0 Å². The molecule has 0 amide bonds. The Morgan fingerprint density at radius 2 is 2.41 bits per heavy atom. The quantitative estimate of drug-likeness (QED) is 0.893. The minimum atomic E-state index is 0.556. The van der Waals surface area contributed by atoms with Crippen molar-refractivity contribution in [3.8, 4) is 0 Å². The van der Waals surface area contributed by atoms with Crippen LogP contribution in [0.25, 0.3) is 0 Å². The lowest BCUT2D eigenvalue weighted by molar-refractivity contribution is 0.189. The van der Waals surface area contributed by atoms with E-state index in [0.29, 0.717) is 12.0 Å². The Morgan fingerprint density at radius 3 is 3.06 bits per heavy atom. The van der Waals surface area contributed by atoms with Crippen LogP contribution in [-0.4, -0.2) is 36.1 Å². The second-order valence-corrected chi connectivity index (χ2v) is 6.33. The second-order valence-electron chi connectivity index (χ2n) is 5.18. The van der Waals surface area contributed by atoms with Crippen molar-refractivity contribution in [2.45, 2.75) is 45.2 Å². The zero-order valence-electron chi connectivity index (χ0n) is 11.1. The summed E-state index contributed by atoms with van der Waals surface area (Å²) in [5.41, 5.74) is 0. The molecule has 17 heavy (non-hydrogen) atoms. The fourth-order valence-corrected chi connectivity index (χ4v) is 3.28. The summed E-state index contributed by atoms with van der Waals surface area (Å²) in [7, 11) is 2.07. The Morgan fingerprint density at radius 1 is 1.59 bits per heavy atom. The third-order valence-corrected chi connectivity index (χ3v) is 4.64. The van der Waals surface area contributed by atoms with Crippen LogP contribution < -0.4 is 5.32 Å². The Labute approximate surface area is 108 Å². The van der Waals surface area contributed by atoms with Crippen molar-refractivity contribution >= 4 is 11.3 Å². The van der Waals surface area contributed by atoms with Crippen LogP contribution in [0.3, 0.4) is 0 Å². The van der Waals surface area contributed by atoms with Gasteiger partial charge in [-0.2, -0.15) is 0 Å². The Hall–Kier alpha value is -0.450. The molecular weight excluding hydrogens is 230 g/mol. The van der Waals surface area contributed by atoms with Crippen molar-refractivity contribution in [3.63, 3.8) is 0 Å². The summed E-state index contributed by atoms with van der Waals surface area (Å²) in [6, 6.07) is 0.668. The number of rotatable bonds is 4. The maximum absolute atomic E-state index is 4.50. The molecule has 96 valence electrons. The zero-order valence-corrected chi connectivity index (χ0v) is 11.9. The van der Waals surface area contributed by atoms with E-state index >= 15 is 0 Å². The molecule has 1 fully saturated rings. The third kappa shape index (κ3) is 3.50. The molecule has 0 saturated carbocycles. The molecule has 0 aliphatic carbocycles. The first kappa shape index (κ1) is 13.0. The molecule has 1 saturated heterocycles. The molecule has 4 heteroatoms. The highest BCUT2D eigenvalue weighted by Gasteiger charge is 2.19. The maximum atomic E-state index is 4.50. The number of hydrogen-bond donors (Lipinski definition) is 1. The summed E-state index contributed by atoms with van der Waals surface area (Å²) >= 11 is 1.87. The summed E-state index contributed by atoms with van der Waals surface area (Å²) in [6.07, 6.45) is 4.68. The third-order valence-electron chi connectivity index (χ3n) is 3.36. The zero-order chi connectivity index (χ0) is 12.3. The van der Waals surface area contributed by atoms with Crippen LogP contribution in [0.5, 0.6) is 0 Å². The van der Waals surface area contributed by atoms with Gasteiger partial charge < -0.3 is 5.32 Å². The minimum absolute atomic E-state index is 0.556. The highest BCUT2D eigenvalue weighted by Crippen LogP contribution is 2.23. The molecule has 0 bridgehead atoms. The largest absolute Gasteiger partial charge is 0.316 e. The van der Waals surface area contributed by atoms with E-state index in [1.165, 1.54) is 35.8 Å². The standard InChI is InChI=1S/C13H23N3S/c1-10(2)13-15-7-12(17-13)9-16-6-4-5-11(8-16)14-3/h7,10-11,14H,4-6,8-9H2,1-3H3. The van der Waals surface area contributed by atoms with Crippen molar-refractivity contribution in [1.82, 2.24) is 15.2 Å². The number of aromatic nitrogens is 1. The first-order chi connectivity index (χ1) is 8.19. The fraction of sp³-hybridized carbons (Fsp3) is 0.769. The molecule has 1 aromatic rings. The summed E-state index contributed by atoms with van der Waals surface area (Å²) in [5.74, 6) is 0.556. The van der Waals surface area contributed by atoms with E-state index in [4.69, 9.17) is 0 Å². The average molecular weight is 253 g/mol. The SMILES string of the molecule is CNC1CCCN(Cc2cnc(C(C)C)s2)C1. The van der Waals surface area contributed by atoms with Gasteiger partial charge in [-0.3, -0.25) is 4.90 Å². The maximum Gasteiger partial charge on any atom is 0.0953 e. The van der Waals surface area contributed by atoms with E-state index in [0.717, 1.165) is 6.54 Å². The summed E-state index contributed by atoms with van der Waals surface area (Å²) < 4.78 is 0. The number of thiazole rings is 1. The molecule has 0 spiro atoms. The lowest BCUT2D eigenvalue weighted by Gasteiger charge is -2.32. The van der Waals surface area contributed by atoms with E-state index in [9.17, 15) is 0 Å². The smallest absolute Gasteiger partial charge is 0.0953 e. The Balaban J connectivity index is 1.91. The van der Waals surface area contributed by atoms with E-state index in [2.05, 4.69) is 42.3 Å². The fourth-order valence-electron chi connectivity index (χ4n) is 2.32. The number of likely N-dealkylation sites (N-methyl/N-ethyl adjacent to an activating group) is 1. The van der Waals surface area contributed by atoms with Crippen LogP contribution >= 0.6 is 11.3 Å². The summed E-state index contributed by atoms with van der Waals surface area (Å²) in [5, 5.41) is 4.66. The predicted octanol–water partition coefficient (Wildman–Crippen LogP) is 2.45. The molecule has 0 radical (unpaired) electrons. The van der Waals surface area contributed by atoms with E-state index in [-0.39, 0.29) is 0 Å². The molecule has 2 rings (SSSR count).